The molecule has 1 unspecified atom stereocenters. The van der Waals surface area contributed by atoms with Crippen molar-refractivity contribution in [2.75, 3.05) is 19.5 Å². The number of halogens is 1. The van der Waals surface area contributed by atoms with E-state index in [0.29, 0.717) is 16.3 Å². The van der Waals surface area contributed by atoms with Crippen LogP contribution >= 0.6 is 11.6 Å². The first-order valence-corrected chi connectivity index (χ1v) is 11.7. The molecule has 0 saturated carbocycles. The Bertz CT molecular complexity index is 1220. The molecule has 3 aromatic rings. The van der Waals surface area contributed by atoms with Crippen LogP contribution < -0.4 is 15.4 Å². The summed E-state index contributed by atoms with van der Waals surface area (Å²) in [5.41, 5.74) is 6.25. The van der Waals surface area contributed by atoms with Gasteiger partial charge in [-0.15, -0.1) is 0 Å². The molecule has 0 saturated heterocycles. The number of carbonyl (C=O) groups is 2. The van der Waals surface area contributed by atoms with Crippen molar-refractivity contribution in [3.8, 4) is 16.9 Å². The van der Waals surface area contributed by atoms with Crippen molar-refractivity contribution in [3.63, 3.8) is 0 Å². The second kappa shape index (κ2) is 11.3. The lowest BCUT2D eigenvalue weighted by Gasteiger charge is -2.18. The molecule has 7 heteroatoms. The predicted molar refractivity (Wildman–Crippen MR) is 140 cm³/mol. The molecule has 2 N–H and O–H groups in total. The van der Waals surface area contributed by atoms with E-state index < -0.39 is 12.0 Å². The summed E-state index contributed by atoms with van der Waals surface area (Å²) in [5.74, 6) is -0.139. The van der Waals surface area contributed by atoms with Crippen LogP contribution in [0.25, 0.3) is 11.1 Å². The maximum Gasteiger partial charge on any atom is 0.328 e. The molecule has 0 aliphatic carbocycles. The summed E-state index contributed by atoms with van der Waals surface area (Å²) in [5, 5.41) is 6.80. The van der Waals surface area contributed by atoms with Crippen molar-refractivity contribution in [3.05, 3.63) is 81.9 Å². The Morgan fingerprint density at radius 3 is 2.20 bits per heavy atom. The Morgan fingerprint density at radius 1 is 0.914 bits per heavy atom. The molecule has 6 nitrogen and oxygen atoms in total. The highest BCUT2D eigenvalue weighted by molar-refractivity contribution is 6.32. The van der Waals surface area contributed by atoms with Crippen molar-refractivity contribution < 1.29 is 19.1 Å². The summed E-state index contributed by atoms with van der Waals surface area (Å²) in [7, 11) is 2.89. The summed E-state index contributed by atoms with van der Waals surface area (Å²) in [6.45, 7) is 7.46. The first-order valence-electron chi connectivity index (χ1n) is 11.3. The van der Waals surface area contributed by atoms with Crippen molar-refractivity contribution in [2.45, 2.75) is 39.8 Å². The topological polar surface area (TPSA) is 76.7 Å². The molecule has 1 amide bonds. The molecule has 3 rings (SSSR count). The standard InChI is InChI=1S/C28H31ClN2O4/c1-16-12-22(13-17(2)26(16)27(32)31-19(4)28(33)35-6)21-8-7-9-23(14-21)30-18(3)20-10-11-25(34-5)24(29)15-20/h7-15,18-19,30H,1-6H3,(H,31,32)/t18?,19-/m0/s1. The Kier molecular flexibility index (Phi) is 8.41. The van der Waals surface area contributed by atoms with Gasteiger partial charge in [-0.25, -0.2) is 4.79 Å². The van der Waals surface area contributed by atoms with Crippen LogP contribution in [0, 0.1) is 13.8 Å². The monoisotopic (exact) mass is 494 g/mol. The molecule has 0 aliphatic heterocycles. The maximum atomic E-state index is 12.8. The van der Waals surface area contributed by atoms with Gasteiger partial charge in [0.2, 0.25) is 0 Å². The minimum absolute atomic E-state index is 0.0278. The minimum Gasteiger partial charge on any atom is -0.495 e. The molecule has 0 heterocycles. The van der Waals surface area contributed by atoms with E-state index in [-0.39, 0.29) is 11.9 Å². The number of aryl methyl sites for hydroxylation is 2. The zero-order valence-electron chi connectivity index (χ0n) is 20.9. The van der Waals surface area contributed by atoms with Gasteiger partial charge in [0.15, 0.2) is 0 Å². The third-order valence-corrected chi connectivity index (χ3v) is 6.21. The number of hydrogen-bond donors (Lipinski definition) is 2. The van der Waals surface area contributed by atoms with E-state index in [1.165, 1.54) is 7.11 Å². The van der Waals surface area contributed by atoms with Gasteiger partial charge in [0.1, 0.15) is 11.8 Å². The molecule has 0 aromatic heterocycles. The van der Waals surface area contributed by atoms with Crippen LogP contribution in [-0.4, -0.2) is 32.1 Å². The summed E-state index contributed by atoms with van der Waals surface area (Å²) in [6, 6.07) is 17.1. The van der Waals surface area contributed by atoms with Gasteiger partial charge in [-0.1, -0.05) is 41.9 Å². The largest absolute Gasteiger partial charge is 0.495 e. The highest BCUT2D eigenvalue weighted by Crippen LogP contribution is 2.31. The van der Waals surface area contributed by atoms with E-state index in [9.17, 15) is 9.59 Å². The summed E-state index contributed by atoms with van der Waals surface area (Å²) >= 11 is 6.29. The zero-order chi connectivity index (χ0) is 25.7. The van der Waals surface area contributed by atoms with Crippen LogP contribution in [0.5, 0.6) is 5.75 Å². The minimum atomic E-state index is -0.726. The van der Waals surface area contributed by atoms with Crippen LogP contribution in [0.3, 0.4) is 0 Å². The lowest BCUT2D eigenvalue weighted by Crippen LogP contribution is -2.39. The van der Waals surface area contributed by atoms with Crippen molar-refractivity contribution in [2.24, 2.45) is 0 Å². The van der Waals surface area contributed by atoms with Crippen LogP contribution in [0.2, 0.25) is 5.02 Å². The van der Waals surface area contributed by atoms with E-state index in [2.05, 4.69) is 23.6 Å². The predicted octanol–water partition coefficient (Wildman–Crippen LogP) is 6.10. The van der Waals surface area contributed by atoms with Gasteiger partial charge in [0.05, 0.1) is 19.2 Å². The van der Waals surface area contributed by atoms with Gasteiger partial charge >= 0.3 is 5.97 Å². The summed E-state index contributed by atoms with van der Waals surface area (Å²) < 4.78 is 9.94. The van der Waals surface area contributed by atoms with E-state index in [0.717, 1.165) is 33.5 Å². The van der Waals surface area contributed by atoms with Crippen LogP contribution in [0.4, 0.5) is 5.69 Å². The van der Waals surface area contributed by atoms with E-state index in [1.54, 1.807) is 14.0 Å². The van der Waals surface area contributed by atoms with E-state index in [4.69, 9.17) is 21.1 Å². The number of nitrogens with one attached hydrogen (secondary N) is 2. The zero-order valence-corrected chi connectivity index (χ0v) is 21.6. The Morgan fingerprint density at radius 2 is 1.60 bits per heavy atom. The second-order valence-corrected chi connectivity index (χ2v) is 8.95. The third kappa shape index (κ3) is 6.14. The maximum absolute atomic E-state index is 12.8. The molecule has 184 valence electrons. The summed E-state index contributed by atoms with van der Waals surface area (Å²) in [4.78, 5) is 24.5. The van der Waals surface area contributed by atoms with Crippen LogP contribution in [-0.2, 0) is 9.53 Å². The number of methoxy groups -OCH3 is 2. The van der Waals surface area contributed by atoms with Gasteiger partial charge in [-0.2, -0.15) is 0 Å². The van der Waals surface area contributed by atoms with Gasteiger partial charge in [-0.3, -0.25) is 4.79 Å². The van der Waals surface area contributed by atoms with Gasteiger partial charge in [0.25, 0.3) is 5.91 Å². The number of benzene rings is 3. The summed E-state index contributed by atoms with van der Waals surface area (Å²) in [6.07, 6.45) is 0. The highest BCUT2D eigenvalue weighted by Gasteiger charge is 2.20. The molecule has 0 fully saturated rings. The smallest absolute Gasteiger partial charge is 0.328 e. The lowest BCUT2D eigenvalue weighted by atomic mass is 9.94. The molecule has 0 radical (unpaired) electrons. The van der Waals surface area contributed by atoms with E-state index >= 15 is 0 Å². The number of rotatable bonds is 8. The van der Waals surface area contributed by atoms with Gasteiger partial charge in [-0.05, 0) is 79.8 Å². The average molecular weight is 495 g/mol. The van der Waals surface area contributed by atoms with Crippen LogP contribution in [0.1, 0.15) is 46.9 Å². The Balaban J connectivity index is 1.82. The molecular formula is C28H31ClN2O4. The average Bonchev–Trinajstić information content (AvgIpc) is 2.83. The van der Waals surface area contributed by atoms with Crippen molar-refractivity contribution >= 4 is 29.2 Å². The Hall–Kier alpha value is -3.51. The quantitative estimate of drug-likeness (QED) is 0.370. The number of hydrogen-bond acceptors (Lipinski definition) is 5. The third-order valence-electron chi connectivity index (χ3n) is 5.92. The number of anilines is 1. The molecule has 35 heavy (non-hydrogen) atoms. The number of esters is 1. The number of carbonyl (C=O) groups excluding carboxylic acids is 2. The van der Waals surface area contributed by atoms with Crippen LogP contribution in [0.15, 0.2) is 54.6 Å². The first-order chi connectivity index (χ1) is 16.6. The molecule has 0 aliphatic rings. The molecule has 0 bridgehead atoms. The van der Waals surface area contributed by atoms with Gasteiger partial charge < -0.3 is 20.1 Å². The van der Waals surface area contributed by atoms with E-state index in [1.807, 2.05) is 62.4 Å². The highest BCUT2D eigenvalue weighted by atomic mass is 35.5. The fourth-order valence-electron chi connectivity index (χ4n) is 4.07. The lowest BCUT2D eigenvalue weighted by molar-refractivity contribution is -0.142. The fraction of sp³-hybridized carbons (Fsp3) is 0.286. The molecule has 2 atom stereocenters. The van der Waals surface area contributed by atoms with Crippen molar-refractivity contribution in [1.29, 1.82) is 0 Å². The molecule has 3 aromatic carbocycles. The normalized spacial score (nSPS) is 12.4. The SMILES string of the molecule is COC(=O)[C@H](C)NC(=O)c1c(C)cc(-c2cccc(NC(C)c3ccc(OC)c(Cl)c3)c2)cc1C. The van der Waals surface area contributed by atoms with Gasteiger partial charge in [0, 0.05) is 17.3 Å². The fourth-order valence-corrected chi connectivity index (χ4v) is 4.33. The van der Waals surface area contributed by atoms with Crippen molar-refractivity contribution in [1.82, 2.24) is 5.32 Å². The number of ether oxygens (including phenoxy) is 2. The Labute approximate surface area is 211 Å². The molecule has 0 spiro atoms. The first kappa shape index (κ1) is 26.1. The molecular weight excluding hydrogens is 464 g/mol. The number of amides is 1. The second-order valence-electron chi connectivity index (χ2n) is 8.54.